The van der Waals surface area contributed by atoms with Crippen molar-refractivity contribution >= 4 is 39.8 Å². The predicted molar refractivity (Wildman–Crippen MR) is 128 cm³/mol. The molecule has 1 aliphatic carbocycles. The number of non-ortho nitro benzene ring substituents is 1. The fraction of sp³-hybridized carbons (Fsp3) is 0.304. The number of aryl methyl sites for hydroxylation is 1. The highest BCUT2D eigenvalue weighted by molar-refractivity contribution is 8.00. The van der Waals surface area contributed by atoms with E-state index in [0.717, 1.165) is 30.5 Å². The lowest BCUT2D eigenvalue weighted by Crippen LogP contribution is -2.23. The summed E-state index contributed by atoms with van der Waals surface area (Å²) in [4.78, 5) is 32.4. The highest BCUT2D eigenvalue weighted by atomic mass is 32.2. The number of rotatable bonds is 6. The lowest BCUT2D eigenvalue weighted by Gasteiger charge is -2.22. The van der Waals surface area contributed by atoms with Crippen LogP contribution in [0, 0.1) is 27.4 Å². The third kappa shape index (κ3) is 5.21. The molecule has 1 aliphatic rings. The topological polar surface area (TPSA) is 122 Å². The van der Waals surface area contributed by atoms with E-state index in [9.17, 15) is 20.2 Å². The normalized spacial score (nSPS) is 15.8. The van der Waals surface area contributed by atoms with E-state index in [1.54, 1.807) is 24.4 Å². The summed E-state index contributed by atoms with van der Waals surface area (Å²) in [5.41, 5.74) is 3.78. The van der Waals surface area contributed by atoms with E-state index < -0.39 is 10.2 Å². The Bertz CT molecular complexity index is 1270. The van der Waals surface area contributed by atoms with E-state index in [1.807, 2.05) is 6.07 Å². The number of nitrogens with zero attached hydrogens (tertiary/aromatic N) is 4. The van der Waals surface area contributed by atoms with Crippen molar-refractivity contribution in [3.63, 3.8) is 0 Å². The van der Waals surface area contributed by atoms with Gasteiger partial charge >= 0.3 is 0 Å². The average Bonchev–Trinajstić information content (AvgIpc) is 3.27. The van der Waals surface area contributed by atoms with Gasteiger partial charge in [0.2, 0.25) is 5.91 Å². The molecule has 0 aliphatic heterocycles. The van der Waals surface area contributed by atoms with E-state index in [0.29, 0.717) is 32.9 Å². The fourth-order valence-electron chi connectivity index (χ4n) is 3.67. The highest BCUT2D eigenvalue weighted by Gasteiger charge is 2.23. The largest absolute Gasteiger partial charge is 0.301 e. The summed E-state index contributed by atoms with van der Waals surface area (Å²) < 4.78 is 0. The molecule has 0 saturated heterocycles. The van der Waals surface area contributed by atoms with Crippen molar-refractivity contribution in [1.82, 2.24) is 9.97 Å². The first kappa shape index (κ1) is 22.9. The van der Waals surface area contributed by atoms with E-state index in [1.165, 1.54) is 35.2 Å². The highest BCUT2D eigenvalue weighted by Crippen LogP contribution is 2.32. The summed E-state index contributed by atoms with van der Waals surface area (Å²) in [6.45, 7) is 3.96. The average molecular weight is 480 g/mol. The van der Waals surface area contributed by atoms with Crippen LogP contribution in [0.25, 0.3) is 11.3 Å². The van der Waals surface area contributed by atoms with Crippen molar-refractivity contribution in [1.29, 1.82) is 5.26 Å². The van der Waals surface area contributed by atoms with E-state index in [4.69, 9.17) is 4.98 Å². The van der Waals surface area contributed by atoms with Crippen LogP contribution >= 0.6 is 23.1 Å². The molecule has 8 nitrogen and oxygen atoms in total. The molecule has 10 heteroatoms. The maximum atomic E-state index is 12.8. The molecule has 2 atom stereocenters. The first-order valence-corrected chi connectivity index (χ1v) is 12.2. The number of hydrogen-bond acceptors (Lipinski definition) is 8. The number of thioether (sulfide) groups is 1. The zero-order chi connectivity index (χ0) is 23.5. The number of carbonyl (C=O) groups excluding carboxylic acids is 1. The molecule has 33 heavy (non-hydrogen) atoms. The molecule has 2 unspecified atom stereocenters. The molecular formula is C23H21N5O3S2. The molecule has 0 saturated carbocycles. The van der Waals surface area contributed by atoms with Crippen LogP contribution in [-0.2, 0) is 17.6 Å². The lowest BCUT2D eigenvalue weighted by molar-refractivity contribution is -0.384. The fourth-order valence-corrected chi connectivity index (χ4v) is 5.29. The molecule has 2 heterocycles. The lowest BCUT2D eigenvalue weighted by atomic mass is 9.87. The van der Waals surface area contributed by atoms with Crippen molar-refractivity contribution in [3.05, 3.63) is 62.6 Å². The number of pyridine rings is 1. The van der Waals surface area contributed by atoms with Crippen molar-refractivity contribution in [3.8, 4) is 17.3 Å². The molecule has 168 valence electrons. The van der Waals surface area contributed by atoms with Gasteiger partial charge in [0, 0.05) is 28.8 Å². The number of nitriles is 1. The van der Waals surface area contributed by atoms with E-state index in [-0.39, 0.29) is 11.6 Å². The van der Waals surface area contributed by atoms with Crippen LogP contribution in [0.15, 0.2) is 40.7 Å². The Morgan fingerprint density at radius 2 is 2.21 bits per heavy atom. The van der Waals surface area contributed by atoms with Gasteiger partial charge in [0.25, 0.3) is 5.69 Å². The van der Waals surface area contributed by atoms with Crippen LogP contribution in [0.1, 0.15) is 37.1 Å². The van der Waals surface area contributed by atoms with Gasteiger partial charge in [0.05, 0.1) is 21.4 Å². The number of amides is 1. The SMILES string of the molecule is CC1CCc2nc(SC(C)C(=O)Nc3nc(-c4cccc([N+](=O)[O-])c4)cs3)c(C#N)cc2C1. The van der Waals surface area contributed by atoms with Gasteiger partial charge in [-0.3, -0.25) is 14.9 Å². The smallest absolute Gasteiger partial charge is 0.270 e. The van der Waals surface area contributed by atoms with Crippen LogP contribution in [0.3, 0.4) is 0 Å². The minimum atomic E-state index is -0.490. The standard InChI is InChI=1S/C23H21N5O3S2/c1-13-6-7-19-16(8-13)9-17(11-24)22(25-19)33-14(2)21(29)27-23-26-20(12-32-23)15-4-3-5-18(10-15)28(30)31/h3-5,9-10,12-14H,6-8H2,1-2H3,(H,26,27,29). The minimum absolute atomic E-state index is 0.0172. The molecule has 0 spiro atoms. The van der Waals surface area contributed by atoms with Crippen LogP contribution in [-0.4, -0.2) is 26.0 Å². The van der Waals surface area contributed by atoms with Gasteiger partial charge in [-0.25, -0.2) is 9.97 Å². The zero-order valence-electron chi connectivity index (χ0n) is 18.1. The molecule has 4 rings (SSSR count). The van der Waals surface area contributed by atoms with Gasteiger partial charge in [0.15, 0.2) is 5.13 Å². The molecule has 0 fully saturated rings. The number of nitrogens with one attached hydrogen (secondary N) is 1. The maximum absolute atomic E-state index is 12.8. The van der Waals surface area contributed by atoms with E-state index >= 15 is 0 Å². The minimum Gasteiger partial charge on any atom is -0.301 e. The van der Waals surface area contributed by atoms with Crippen molar-refractivity contribution in [2.75, 3.05) is 5.32 Å². The van der Waals surface area contributed by atoms with E-state index in [2.05, 4.69) is 23.3 Å². The number of benzene rings is 1. The molecule has 3 aromatic rings. The third-order valence-electron chi connectivity index (χ3n) is 5.46. The number of nitro groups is 1. The van der Waals surface area contributed by atoms with Gasteiger partial charge in [-0.15, -0.1) is 11.3 Å². The summed E-state index contributed by atoms with van der Waals surface area (Å²) in [6, 6.07) is 10.3. The number of hydrogen-bond donors (Lipinski definition) is 1. The van der Waals surface area contributed by atoms with Crippen molar-refractivity contribution < 1.29 is 9.72 Å². The van der Waals surface area contributed by atoms with Gasteiger partial charge in [0.1, 0.15) is 11.1 Å². The molecule has 2 aromatic heterocycles. The Labute approximate surface area is 199 Å². The van der Waals surface area contributed by atoms with Gasteiger partial charge in [-0.2, -0.15) is 5.26 Å². The Balaban J connectivity index is 1.45. The Morgan fingerprint density at radius 1 is 1.39 bits per heavy atom. The van der Waals surface area contributed by atoms with Gasteiger partial charge < -0.3 is 5.32 Å². The Morgan fingerprint density at radius 3 is 2.97 bits per heavy atom. The third-order valence-corrected chi connectivity index (χ3v) is 7.32. The summed E-state index contributed by atoms with van der Waals surface area (Å²) >= 11 is 2.51. The zero-order valence-corrected chi connectivity index (χ0v) is 19.7. The van der Waals surface area contributed by atoms with Crippen molar-refractivity contribution in [2.45, 2.75) is 43.4 Å². The number of anilines is 1. The molecular weight excluding hydrogens is 458 g/mol. The van der Waals surface area contributed by atoms with Crippen LogP contribution in [0.5, 0.6) is 0 Å². The molecule has 1 amide bonds. The summed E-state index contributed by atoms with van der Waals surface area (Å²) in [5.74, 6) is 0.330. The second kappa shape index (κ2) is 9.68. The van der Waals surface area contributed by atoms with Crippen LogP contribution < -0.4 is 5.32 Å². The number of nitro benzene ring substituents is 1. The second-order valence-electron chi connectivity index (χ2n) is 8.00. The number of fused-ring (bicyclic) bond motifs is 1. The van der Waals surface area contributed by atoms with Crippen LogP contribution in [0.4, 0.5) is 10.8 Å². The van der Waals surface area contributed by atoms with Crippen molar-refractivity contribution in [2.24, 2.45) is 5.92 Å². The monoisotopic (exact) mass is 479 g/mol. The molecule has 0 radical (unpaired) electrons. The second-order valence-corrected chi connectivity index (χ2v) is 10.2. The molecule has 1 N–H and O–H groups in total. The Hall–Kier alpha value is -3.29. The summed E-state index contributed by atoms with van der Waals surface area (Å²) in [6.07, 6.45) is 2.88. The maximum Gasteiger partial charge on any atom is 0.270 e. The number of thiazole rings is 1. The van der Waals surface area contributed by atoms with Gasteiger partial charge in [-0.1, -0.05) is 30.8 Å². The summed E-state index contributed by atoms with van der Waals surface area (Å²) in [5, 5.41) is 25.6. The predicted octanol–water partition coefficient (Wildman–Crippen LogP) is 5.23. The Kier molecular flexibility index (Phi) is 6.72. The molecule has 1 aromatic carbocycles. The number of aromatic nitrogens is 2. The number of carbonyl (C=O) groups is 1. The van der Waals surface area contributed by atoms with Gasteiger partial charge in [-0.05, 0) is 43.7 Å². The van der Waals surface area contributed by atoms with Crippen LogP contribution in [0.2, 0.25) is 0 Å². The quantitative estimate of drug-likeness (QED) is 0.292. The summed E-state index contributed by atoms with van der Waals surface area (Å²) in [7, 11) is 0. The first-order chi connectivity index (χ1) is 15.8. The molecule has 0 bridgehead atoms. The first-order valence-electron chi connectivity index (χ1n) is 10.4.